The van der Waals surface area contributed by atoms with Crippen LogP contribution in [0, 0.1) is 13.8 Å². The van der Waals surface area contributed by atoms with Crippen LogP contribution in [0.15, 0.2) is 17.0 Å². The summed E-state index contributed by atoms with van der Waals surface area (Å²) < 4.78 is 38.3. The molecule has 1 aromatic rings. The molecule has 0 aliphatic rings. The number of aryl methyl sites for hydroxylation is 1. The van der Waals surface area contributed by atoms with Crippen molar-refractivity contribution in [1.82, 2.24) is 4.72 Å². The van der Waals surface area contributed by atoms with Crippen molar-refractivity contribution in [3.8, 4) is 0 Å². The first-order valence-corrected chi connectivity index (χ1v) is 9.44. The van der Waals surface area contributed by atoms with Crippen LogP contribution in [0.4, 0.5) is 5.69 Å². The summed E-state index contributed by atoms with van der Waals surface area (Å²) in [6.07, 6.45) is 2.15. The van der Waals surface area contributed by atoms with Crippen LogP contribution in [0.25, 0.3) is 0 Å². The molecule has 1 rings (SSSR count). The number of hydrogen-bond donors (Lipinski definition) is 2. The first kappa shape index (κ1) is 17.1. The number of rotatable bonds is 6. The second-order valence-electron chi connectivity index (χ2n) is 4.96. The molecular formula is C13H22N2O3S2. The Morgan fingerprint density at radius 3 is 2.50 bits per heavy atom. The van der Waals surface area contributed by atoms with Crippen LogP contribution in [0.1, 0.15) is 24.5 Å². The summed E-state index contributed by atoms with van der Waals surface area (Å²) >= 11 is 0. The van der Waals surface area contributed by atoms with Gasteiger partial charge in [-0.15, -0.1) is 0 Å². The van der Waals surface area contributed by atoms with Crippen molar-refractivity contribution >= 4 is 26.5 Å². The molecule has 0 heterocycles. The number of nitrogens with one attached hydrogen (secondary N) is 1. The summed E-state index contributed by atoms with van der Waals surface area (Å²) in [7, 11) is -4.54. The molecule has 0 bridgehead atoms. The summed E-state index contributed by atoms with van der Waals surface area (Å²) in [6.45, 7) is 5.68. The van der Waals surface area contributed by atoms with Crippen LogP contribution >= 0.6 is 0 Å². The van der Waals surface area contributed by atoms with Crippen molar-refractivity contribution in [2.75, 3.05) is 18.5 Å². The molecule has 7 heteroatoms. The summed E-state index contributed by atoms with van der Waals surface area (Å²) in [5.41, 5.74) is 7.67. The van der Waals surface area contributed by atoms with Crippen LogP contribution in [-0.2, 0) is 20.8 Å². The molecule has 2 unspecified atom stereocenters. The highest BCUT2D eigenvalue weighted by Gasteiger charge is 2.18. The number of hydrogen-bond acceptors (Lipinski definition) is 4. The van der Waals surface area contributed by atoms with Crippen molar-refractivity contribution in [2.24, 2.45) is 0 Å². The molecule has 20 heavy (non-hydrogen) atoms. The van der Waals surface area contributed by atoms with Gasteiger partial charge in [0.15, 0.2) is 0 Å². The Balaban J connectivity index is 2.87. The molecule has 0 aliphatic heterocycles. The lowest BCUT2D eigenvalue weighted by Crippen LogP contribution is -2.28. The van der Waals surface area contributed by atoms with Gasteiger partial charge in [0.1, 0.15) is 0 Å². The first-order valence-electron chi connectivity index (χ1n) is 6.33. The van der Waals surface area contributed by atoms with E-state index in [9.17, 15) is 12.6 Å². The second kappa shape index (κ2) is 6.69. The van der Waals surface area contributed by atoms with Gasteiger partial charge in [-0.25, -0.2) is 13.1 Å². The quantitative estimate of drug-likeness (QED) is 0.774. The third kappa shape index (κ3) is 4.29. The van der Waals surface area contributed by atoms with Crippen LogP contribution in [0.5, 0.6) is 0 Å². The fourth-order valence-electron chi connectivity index (χ4n) is 1.77. The van der Waals surface area contributed by atoms with Gasteiger partial charge in [0, 0.05) is 34.5 Å². The molecule has 0 aliphatic carbocycles. The zero-order chi connectivity index (χ0) is 15.5. The van der Waals surface area contributed by atoms with Gasteiger partial charge in [0.25, 0.3) is 0 Å². The molecule has 0 amide bonds. The molecule has 0 aromatic heterocycles. The lowest BCUT2D eigenvalue weighted by atomic mass is 10.1. The molecule has 0 saturated carbocycles. The molecule has 0 spiro atoms. The van der Waals surface area contributed by atoms with Gasteiger partial charge in [-0.3, -0.25) is 4.21 Å². The highest BCUT2D eigenvalue weighted by molar-refractivity contribution is 7.89. The van der Waals surface area contributed by atoms with Crippen LogP contribution < -0.4 is 10.5 Å². The standard InChI is InChI=1S/C13H22N2O3S2/c1-9-7-12(14)8-13(11(9)3)20(17,18)15-6-5-10(2)19(4)16/h7-8,10,15H,5-6,14H2,1-4H3. The van der Waals surface area contributed by atoms with Gasteiger partial charge in [-0.2, -0.15) is 0 Å². The van der Waals surface area contributed by atoms with Gasteiger partial charge in [0.05, 0.1) is 4.90 Å². The van der Waals surface area contributed by atoms with Crippen LogP contribution in [0.2, 0.25) is 0 Å². The van der Waals surface area contributed by atoms with E-state index >= 15 is 0 Å². The Bertz CT molecular complexity index is 612. The predicted octanol–water partition coefficient (Wildman–Crippen LogP) is 1.32. The fraction of sp³-hybridized carbons (Fsp3) is 0.538. The van der Waals surface area contributed by atoms with Crippen molar-refractivity contribution < 1.29 is 12.6 Å². The van der Waals surface area contributed by atoms with E-state index in [1.807, 2.05) is 13.8 Å². The van der Waals surface area contributed by atoms with E-state index in [0.29, 0.717) is 17.7 Å². The second-order valence-corrected chi connectivity index (χ2v) is 8.49. The van der Waals surface area contributed by atoms with E-state index in [0.717, 1.165) is 5.56 Å². The minimum absolute atomic E-state index is 0.0404. The van der Waals surface area contributed by atoms with Gasteiger partial charge in [0.2, 0.25) is 10.0 Å². The normalized spacial score (nSPS) is 15.0. The monoisotopic (exact) mass is 318 g/mol. The molecule has 5 nitrogen and oxygen atoms in total. The van der Waals surface area contributed by atoms with E-state index < -0.39 is 20.8 Å². The molecular weight excluding hydrogens is 296 g/mol. The molecule has 114 valence electrons. The number of anilines is 1. The smallest absolute Gasteiger partial charge is 0.240 e. The van der Waals surface area contributed by atoms with Crippen LogP contribution in [0.3, 0.4) is 0 Å². The predicted molar refractivity (Wildman–Crippen MR) is 83.7 cm³/mol. The highest BCUT2D eigenvalue weighted by Crippen LogP contribution is 2.22. The van der Waals surface area contributed by atoms with Crippen LogP contribution in [-0.4, -0.2) is 30.7 Å². The van der Waals surface area contributed by atoms with Gasteiger partial charge in [-0.1, -0.05) is 6.92 Å². The number of nitrogens with two attached hydrogens (primary N) is 1. The minimum Gasteiger partial charge on any atom is -0.399 e. The van der Waals surface area contributed by atoms with E-state index in [2.05, 4.69) is 4.72 Å². The fourth-order valence-corrected chi connectivity index (χ4v) is 3.62. The summed E-state index contributed by atoms with van der Waals surface area (Å²) in [6, 6.07) is 3.21. The third-order valence-electron chi connectivity index (χ3n) is 3.34. The van der Waals surface area contributed by atoms with E-state index in [4.69, 9.17) is 5.73 Å². The summed E-state index contributed by atoms with van der Waals surface area (Å²) in [5, 5.41) is -0.0404. The Labute approximate surface area is 123 Å². The van der Waals surface area contributed by atoms with Gasteiger partial charge >= 0.3 is 0 Å². The lowest BCUT2D eigenvalue weighted by Gasteiger charge is -2.13. The Morgan fingerprint density at radius 2 is 1.95 bits per heavy atom. The maximum Gasteiger partial charge on any atom is 0.240 e. The molecule has 2 atom stereocenters. The van der Waals surface area contributed by atoms with Crippen molar-refractivity contribution in [1.29, 1.82) is 0 Å². The van der Waals surface area contributed by atoms with Gasteiger partial charge in [-0.05, 0) is 43.5 Å². The summed E-state index contributed by atoms with van der Waals surface area (Å²) in [4.78, 5) is 0.209. The lowest BCUT2D eigenvalue weighted by molar-refractivity contribution is 0.577. The largest absolute Gasteiger partial charge is 0.399 e. The van der Waals surface area contributed by atoms with E-state index in [1.54, 1.807) is 19.2 Å². The average Bonchev–Trinajstić information content (AvgIpc) is 2.33. The maximum absolute atomic E-state index is 12.3. The Hall–Kier alpha value is -0.920. The Morgan fingerprint density at radius 1 is 1.35 bits per heavy atom. The van der Waals surface area contributed by atoms with E-state index in [1.165, 1.54) is 6.07 Å². The topological polar surface area (TPSA) is 89.3 Å². The number of sulfonamides is 1. The van der Waals surface area contributed by atoms with Crippen molar-refractivity contribution in [3.05, 3.63) is 23.3 Å². The maximum atomic E-state index is 12.3. The zero-order valence-corrected chi connectivity index (χ0v) is 13.9. The van der Waals surface area contributed by atoms with E-state index in [-0.39, 0.29) is 16.7 Å². The number of benzene rings is 1. The third-order valence-corrected chi connectivity index (χ3v) is 6.30. The zero-order valence-electron chi connectivity index (χ0n) is 12.3. The van der Waals surface area contributed by atoms with Crippen molar-refractivity contribution in [2.45, 2.75) is 37.3 Å². The molecule has 1 aromatic carbocycles. The minimum atomic E-state index is -3.59. The highest BCUT2D eigenvalue weighted by atomic mass is 32.2. The Kier molecular flexibility index (Phi) is 5.73. The summed E-state index contributed by atoms with van der Waals surface area (Å²) in [5.74, 6) is 0. The first-order chi connectivity index (χ1) is 9.15. The number of nitrogen functional groups attached to an aromatic ring is 1. The molecule has 0 fully saturated rings. The van der Waals surface area contributed by atoms with Crippen molar-refractivity contribution in [3.63, 3.8) is 0 Å². The molecule has 0 saturated heterocycles. The molecule has 3 N–H and O–H groups in total. The average molecular weight is 318 g/mol. The SMILES string of the molecule is Cc1cc(N)cc(S(=O)(=O)NCCC(C)S(C)=O)c1C. The van der Waals surface area contributed by atoms with Gasteiger partial charge < -0.3 is 5.73 Å². The molecule has 0 radical (unpaired) electrons.